The first-order valence-electron chi connectivity index (χ1n) is 10.8. The van der Waals surface area contributed by atoms with Crippen LogP contribution in [-0.4, -0.2) is 30.7 Å². The number of nitrogens with zero attached hydrogens (tertiary/aromatic N) is 3. The number of hydrogen-bond donors (Lipinski definition) is 0. The van der Waals surface area contributed by atoms with Crippen molar-refractivity contribution in [3.8, 4) is 16.9 Å². The molecule has 1 saturated heterocycles. The van der Waals surface area contributed by atoms with Gasteiger partial charge in [0.2, 0.25) is 0 Å². The van der Waals surface area contributed by atoms with E-state index < -0.39 is 0 Å². The SMILES string of the molecule is CCSc1ccc(-c2nn(-c3ccccc3)cc2C=C2SC(=S)N(Cc3ccco3)C2=O)cc1. The van der Waals surface area contributed by atoms with E-state index in [1.54, 1.807) is 29.0 Å². The minimum atomic E-state index is -0.125. The molecule has 1 amide bonds. The fourth-order valence-electron chi connectivity index (χ4n) is 3.64. The predicted molar refractivity (Wildman–Crippen MR) is 143 cm³/mol. The lowest BCUT2D eigenvalue weighted by Gasteiger charge is -2.11. The summed E-state index contributed by atoms with van der Waals surface area (Å²) in [6.07, 6.45) is 5.44. The summed E-state index contributed by atoms with van der Waals surface area (Å²) in [7, 11) is 0. The molecule has 0 N–H and O–H groups in total. The lowest BCUT2D eigenvalue weighted by atomic mass is 10.1. The summed E-state index contributed by atoms with van der Waals surface area (Å²) in [6.45, 7) is 2.46. The zero-order chi connectivity index (χ0) is 23.5. The van der Waals surface area contributed by atoms with Gasteiger partial charge in [-0.15, -0.1) is 11.8 Å². The van der Waals surface area contributed by atoms with Gasteiger partial charge in [-0.05, 0) is 48.2 Å². The van der Waals surface area contributed by atoms with Gasteiger partial charge in [-0.25, -0.2) is 4.68 Å². The Morgan fingerprint density at radius 1 is 1.09 bits per heavy atom. The zero-order valence-corrected chi connectivity index (χ0v) is 20.8. The molecule has 2 aromatic heterocycles. The van der Waals surface area contributed by atoms with Gasteiger partial charge in [-0.3, -0.25) is 9.69 Å². The van der Waals surface area contributed by atoms with Crippen LogP contribution in [0.4, 0.5) is 0 Å². The predicted octanol–water partition coefficient (Wildman–Crippen LogP) is 6.65. The number of carbonyl (C=O) groups excluding carboxylic acids is 1. The summed E-state index contributed by atoms with van der Waals surface area (Å²) in [6, 6.07) is 22.0. The summed E-state index contributed by atoms with van der Waals surface area (Å²) in [5.41, 5.74) is 3.62. The van der Waals surface area contributed by atoms with E-state index in [1.807, 2.05) is 53.4 Å². The molecule has 1 aliphatic rings. The van der Waals surface area contributed by atoms with Crippen molar-refractivity contribution >= 4 is 52.0 Å². The largest absolute Gasteiger partial charge is 0.467 e. The number of furan rings is 1. The Bertz CT molecular complexity index is 1340. The van der Waals surface area contributed by atoms with Crippen molar-refractivity contribution in [1.29, 1.82) is 0 Å². The quantitative estimate of drug-likeness (QED) is 0.160. The van der Waals surface area contributed by atoms with Crippen molar-refractivity contribution in [1.82, 2.24) is 14.7 Å². The lowest BCUT2D eigenvalue weighted by molar-refractivity contribution is -0.122. The average molecular weight is 504 g/mol. The summed E-state index contributed by atoms with van der Waals surface area (Å²) >= 11 is 8.60. The maximum absolute atomic E-state index is 13.2. The van der Waals surface area contributed by atoms with Crippen LogP contribution in [0.2, 0.25) is 0 Å². The summed E-state index contributed by atoms with van der Waals surface area (Å²) < 4.78 is 7.77. The van der Waals surface area contributed by atoms with Gasteiger partial charge in [0, 0.05) is 22.2 Å². The second-order valence-electron chi connectivity index (χ2n) is 7.52. The molecule has 0 radical (unpaired) electrons. The van der Waals surface area contributed by atoms with Crippen LogP contribution in [0.15, 0.2) is 93.4 Å². The Balaban J connectivity index is 1.52. The topological polar surface area (TPSA) is 51.3 Å². The van der Waals surface area contributed by atoms with Gasteiger partial charge < -0.3 is 4.42 Å². The van der Waals surface area contributed by atoms with Crippen molar-refractivity contribution in [2.45, 2.75) is 18.4 Å². The summed E-state index contributed by atoms with van der Waals surface area (Å²) in [5, 5.41) is 4.88. The van der Waals surface area contributed by atoms with Crippen molar-refractivity contribution in [2.24, 2.45) is 0 Å². The third-order valence-electron chi connectivity index (χ3n) is 5.26. The van der Waals surface area contributed by atoms with Crippen LogP contribution < -0.4 is 0 Å². The van der Waals surface area contributed by atoms with Crippen LogP contribution in [0.3, 0.4) is 0 Å². The normalized spacial score (nSPS) is 15.0. The highest BCUT2D eigenvalue weighted by Gasteiger charge is 2.33. The van der Waals surface area contributed by atoms with E-state index in [4.69, 9.17) is 21.7 Å². The van der Waals surface area contributed by atoms with Crippen LogP contribution in [0.25, 0.3) is 23.0 Å². The van der Waals surface area contributed by atoms with Crippen LogP contribution >= 0.6 is 35.7 Å². The van der Waals surface area contributed by atoms with Crippen LogP contribution in [0.1, 0.15) is 18.2 Å². The fourth-order valence-corrected chi connectivity index (χ4v) is 5.55. The monoisotopic (exact) mass is 503 g/mol. The molecule has 0 atom stereocenters. The molecule has 1 fully saturated rings. The summed E-state index contributed by atoms with van der Waals surface area (Å²) in [4.78, 5) is 16.5. The van der Waals surface area contributed by atoms with Gasteiger partial charge in [0.25, 0.3) is 5.91 Å². The molecule has 34 heavy (non-hydrogen) atoms. The number of hydrogen-bond acceptors (Lipinski definition) is 6. The maximum atomic E-state index is 13.2. The number of rotatable bonds is 7. The molecule has 3 heterocycles. The first kappa shape index (κ1) is 22.7. The van der Waals surface area contributed by atoms with E-state index in [-0.39, 0.29) is 5.91 Å². The molecule has 5 rings (SSSR count). The number of thioether (sulfide) groups is 2. The van der Waals surface area contributed by atoms with Crippen molar-refractivity contribution in [3.63, 3.8) is 0 Å². The Hall–Kier alpha value is -3.07. The Labute approximate surface area is 211 Å². The minimum Gasteiger partial charge on any atom is -0.467 e. The molecule has 4 aromatic rings. The van der Waals surface area contributed by atoms with Crippen molar-refractivity contribution in [2.75, 3.05) is 5.75 Å². The molecule has 0 bridgehead atoms. The lowest BCUT2D eigenvalue weighted by Crippen LogP contribution is -2.27. The molecule has 0 aliphatic carbocycles. The Kier molecular flexibility index (Phi) is 6.71. The summed E-state index contributed by atoms with van der Waals surface area (Å²) in [5.74, 6) is 1.59. The molecule has 2 aromatic carbocycles. The number of carbonyl (C=O) groups is 1. The number of aromatic nitrogens is 2. The number of amides is 1. The fraction of sp³-hybridized carbons (Fsp3) is 0.115. The molecule has 5 nitrogen and oxygen atoms in total. The average Bonchev–Trinajstić information content (AvgIpc) is 3.58. The smallest absolute Gasteiger partial charge is 0.266 e. The first-order valence-corrected chi connectivity index (χ1v) is 13.0. The van der Waals surface area contributed by atoms with Gasteiger partial charge in [-0.2, -0.15) is 5.10 Å². The third-order valence-corrected chi connectivity index (χ3v) is 7.53. The third kappa shape index (κ3) is 4.75. The standard InChI is InChI=1S/C26H21N3O2S3/c1-2-33-22-12-10-18(11-13-22)24-19(16-29(27-24)20-7-4-3-5-8-20)15-23-25(30)28(26(32)34-23)17-21-9-6-14-31-21/h3-16H,2,17H2,1H3. The van der Waals surface area contributed by atoms with E-state index >= 15 is 0 Å². The van der Waals surface area contributed by atoms with E-state index in [9.17, 15) is 4.79 Å². The van der Waals surface area contributed by atoms with Crippen LogP contribution in [0, 0.1) is 0 Å². The zero-order valence-electron chi connectivity index (χ0n) is 18.4. The van der Waals surface area contributed by atoms with Crippen molar-refractivity contribution < 1.29 is 9.21 Å². The second kappa shape index (κ2) is 10.0. The van der Waals surface area contributed by atoms with Gasteiger partial charge in [0.1, 0.15) is 10.1 Å². The molecule has 0 saturated carbocycles. The molecular formula is C26H21N3O2S3. The Morgan fingerprint density at radius 2 is 1.88 bits per heavy atom. The highest BCUT2D eigenvalue weighted by atomic mass is 32.2. The molecule has 170 valence electrons. The second-order valence-corrected chi connectivity index (χ2v) is 10.5. The maximum Gasteiger partial charge on any atom is 0.266 e. The van der Waals surface area contributed by atoms with Crippen LogP contribution in [-0.2, 0) is 11.3 Å². The molecule has 0 spiro atoms. The number of benzene rings is 2. The number of para-hydroxylation sites is 1. The van der Waals surface area contributed by atoms with E-state index in [0.29, 0.717) is 21.5 Å². The minimum absolute atomic E-state index is 0.125. The highest BCUT2D eigenvalue weighted by molar-refractivity contribution is 8.26. The van der Waals surface area contributed by atoms with E-state index in [2.05, 4.69) is 31.2 Å². The van der Waals surface area contributed by atoms with Gasteiger partial charge in [0.15, 0.2) is 0 Å². The van der Waals surface area contributed by atoms with Crippen molar-refractivity contribution in [3.05, 3.63) is 95.4 Å². The molecule has 8 heteroatoms. The van der Waals surface area contributed by atoms with E-state index in [0.717, 1.165) is 28.3 Å². The van der Waals surface area contributed by atoms with Gasteiger partial charge >= 0.3 is 0 Å². The first-order chi connectivity index (χ1) is 16.6. The van der Waals surface area contributed by atoms with Crippen LogP contribution in [0.5, 0.6) is 0 Å². The van der Waals surface area contributed by atoms with Gasteiger partial charge in [-0.1, -0.05) is 61.2 Å². The molecule has 0 unspecified atom stereocenters. The highest BCUT2D eigenvalue weighted by Crippen LogP contribution is 2.36. The Morgan fingerprint density at radius 3 is 2.59 bits per heavy atom. The van der Waals surface area contributed by atoms with Gasteiger partial charge in [0.05, 0.1) is 29.1 Å². The molecular weight excluding hydrogens is 483 g/mol. The van der Waals surface area contributed by atoms with E-state index in [1.165, 1.54) is 16.7 Å². The number of thiocarbonyl (C=S) groups is 1. The molecule has 1 aliphatic heterocycles.